The predicted molar refractivity (Wildman–Crippen MR) is 52.0 cm³/mol. The standard InChI is InChI=1S/C6H6N.3CH3.Sn/c1-6-4-2-3-5-7-6;;;;/h3-5H,1H3;3*1H3;. The van der Waals surface area contributed by atoms with Gasteiger partial charge in [0.1, 0.15) is 0 Å². The Balaban J connectivity index is 3.06. The maximum absolute atomic E-state index is 4.19. The summed E-state index contributed by atoms with van der Waals surface area (Å²) in [6, 6.07) is 4.40. The number of rotatable bonds is 1. The maximum atomic E-state index is 4.19. The molecule has 0 aliphatic carbocycles. The summed E-state index contributed by atoms with van der Waals surface area (Å²) in [5.74, 6) is 0. The van der Waals surface area contributed by atoms with E-state index in [2.05, 4.69) is 38.9 Å². The topological polar surface area (TPSA) is 12.9 Å². The summed E-state index contributed by atoms with van der Waals surface area (Å²) in [5.41, 5.74) is 1.15. The van der Waals surface area contributed by atoms with Crippen LogP contribution in [0, 0.1) is 6.92 Å². The number of hydrogen-bond acceptors (Lipinski definition) is 1. The summed E-state index contributed by atoms with van der Waals surface area (Å²) in [7, 11) is 0. The Hall–Kier alpha value is -0.0513. The molecule has 1 nitrogen and oxygen atoms in total. The minimum atomic E-state index is -1.80. The van der Waals surface area contributed by atoms with E-state index >= 15 is 0 Å². The van der Waals surface area contributed by atoms with E-state index in [1.54, 1.807) is 3.58 Å². The molecule has 0 amide bonds. The van der Waals surface area contributed by atoms with Crippen LogP contribution in [-0.2, 0) is 0 Å². The number of aryl methyl sites for hydroxylation is 1. The van der Waals surface area contributed by atoms with Crippen molar-refractivity contribution in [3.05, 3.63) is 24.0 Å². The second kappa shape index (κ2) is 3.13. The third-order valence-corrected chi connectivity index (χ3v) is 7.59. The minimum absolute atomic E-state index is 1.15. The molecule has 0 saturated heterocycles. The number of aromatic nitrogens is 1. The molecule has 1 aromatic heterocycles. The van der Waals surface area contributed by atoms with Crippen molar-refractivity contribution in [2.24, 2.45) is 0 Å². The number of nitrogens with zero attached hydrogens (tertiary/aromatic N) is 1. The van der Waals surface area contributed by atoms with E-state index in [1.807, 2.05) is 6.20 Å². The third-order valence-electron chi connectivity index (χ3n) is 1.76. The molecule has 0 aromatic carbocycles. The van der Waals surface area contributed by atoms with E-state index in [4.69, 9.17) is 0 Å². The molecule has 60 valence electrons. The molecule has 0 aliphatic rings. The Kier molecular flexibility index (Phi) is 2.57. The molecule has 0 spiro atoms. The van der Waals surface area contributed by atoms with Crippen molar-refractivity contribution in [3.63, 3.8) is 0 Å². The molecule has 0 bridgehead atoms. The Bertz CT molecular complexity index is 250. The number of pyridine rings is 1. The van der Waals surface area contributed by atoms with E-state index < -0.39 is 18.4 Å². The first-order valence-electron chi connectivity index (χ1n) is 3.93. The van der Waals surface area contributed by atoms with Gasteiger partial charge in [-0.2, -0.15) is 0 Å². The molecule has 0 unspecified atom stereocenters. The molecular formula is C9H15NSn. The monoisotopic (exact) mass is 257 g/mol. The predicted octanol–water partition coefficient (Wildman–Crippen LogP) is 1.94. The summed E-state index contributed by atoms with van der Waals surface area (Å²) in [4.78, 5) is 11.4. The van der Waals surface area contributed by atoms with Crippen LogP contribution in [0.25, 0.3) is 0 Å². The van der Waals surface area contributed by atoms with Gasteiger partial charge in [0, 0.05) is 0 Å². The summed E-state index contributed by atoms with van der Waals surface area (Å²) >= 11 is -1.80. The van der Waals surface area contributed by atoms with Crippen LogP contribution in [0.15, 0.2) is 18.3 Å². The quantitative estimate of drug-likeness (QED) is 0.699. The van der Waals surface area contributed by atoms with E-state index in [9.17, 15) is 0 Å². The molecule has 1 rings (SSSR count). The van der Waals surface area contributed by atoms with Gasteiger partial charge in [0.15, 0.2) is 0 Å². The molecular weight excluding hydrogens is 241 g/mol. The van der Waals surface area contributed by atoms with Crippen molar-refractivity contribution in [2.45, 2.75) is 21.7 Å². The van der Waals surface area contributed by atoms with Crippen LogP contribution < -0.4 is 3.58 Å². The molecule has 1 heterocycles. The van der Waals surface area contributed by atoms with Crippen LogP contribution in [0.5, 0.6) is 0 Å². The van der Waals surface area contributed by atoms with Gasteiger partial charge in [0.25, 0.3) is 0 Å². The molecule has 0 atom stereocenters. The second-order valence-corrected chi connectivity index (χ2v) is 18.4. The summed E-state index contributed by atoms with van der Waals surface area (Å²) in [5, 5.41) is 0. The molecule has 0 aliphatic heterocycles. The van der Waals surface area contributed by atoms with Crippen molar-refractivity contribution in [3.8, 4) is 0 Å². The summed E-state index contributed by atoms with van der Waals surface area (Å²) in [6.45, 7) is 2.06. The zero-order valence-electron chi connectivity index (χ0n) is 7.68. The van der Waals surface area contributed by atoms with Crippen LogP contribution >= 0.6 is 0 Å². The molecule has 0 N–H and O–H groups in total. The van der Waals surface area contributed by atoms with Gasteiger partial charge in [-0.25, -0.2) is 0 Å². The van der Waals surface area contributed by atoms with Gasteiger partial charge in [0.05, 0.1) is 0 Å². The Morgan fingerprint density at radius 2 is 1.91 bits per heavy atom. The summed E-state index contributed by atoms with van der Waals surface area (Å²) < 4.78 is 1.56. The van der Waals surface area contributed by atoms with Gasteiger partial charge in [-0.15, -0.1) is 0 Å². The van der Waals surface area contributed by atoms with Crippen molar-refractivity contribution < 1.29 is 0 Å². The van der Waals surface area contributed by atoms with E-state index in [0.717, 1.165) is 5.69 Å². The van der Waals surface area contributed by atoms with Crippen LogP contribution in [-0.4, -0.2) is 23.4 Å². The fraction of sp³-hybridized carbons (Fsp3) is 0.444. The molecule has 0 saturated carbocycles. The van der Waals surface area contributed by atoms with Crippen LogP contribution in [0.4, 0.5) is 0 Å². The van der Waals surface area contributed by atoms with Gasteiger partial charge in [0.2, 0.25) is 0 Å². The average Bonchev–Trinajstić information content (AvgIpc) is 1.86. The molecule has 1 aromatic rings. The van der Waals surface area contributed by atoms with Crippen molar-refractivity contribution in [1.82, 2.24) is 4.98 Å². The first-order valence-corrected chi connectivity index (χ1v) is 13.9. The Morgan fingerprint density at radius 3 is 2.27 bits per heavy atom. The molecule has 2 heteroatoms. The summed E-state index contributed by atoms with van der Waals surface area (Å²) in [6.07, 6.45) is 1.92. The van der Waals surface area contributed by atoms with Crippen molar-refractivity contribution >= 4 is 22.0 Å². The van der Waals surface area contributed by atoms with Crippen LogP contribution in [0.2, 0.25) is 14.8 Å². The van der Waals surface area contributed by atoms with Gasteiger partial charge in [-0.3, -0.25) is 0 Å². The number of hydrogen-bond donors (Lipinski definition) is 0. The van der Waals surface area contributed by atoms with E-state index in [-0.39, 0.29) is 0 Å². The first kappa shape index (κ1) is 9.04. The van der Waals surface area contributed by atoms with Crippen molar-refractivity contribution in [1.29, 1.82) is 0 Å². The van der Waals surface area contributed by atoms with E-state index in [0.29, 0.717) is 0 Å². The van der Waals surface area contributed by atoms with Gasteiger partial charge < -0.3 is 0 Å². The van der Waals surface area contributed by atoms with Crippen LogP contribution in [0.1, 0.15) is 5.69 Å². The zero-order chi connectivity index (χ0) is 8.48. The third kappa shape index (κ3) is 2.47. The second-order valence-electron chi connectivity index (χ2n) is 3.94. The normalized spacial score (nSPS) is 11.6. The fourth-order valence-corrected chi connectivity index (χ4v) is 4.48. The first-order chi connectivity index (χ1) is 5.00. The van der Waals surface area contributed by atoms with Gasteiger partial charge in [-0.1, -0.05) is 0 Å². The molecule has 11 heavy (non-hydrogen) atoms. The SMILES string of the molecule is Cc1c[c]([Sn]([CH3])([CH3])[CH3])ccn1. The fourth-order valence-electron chi connectivity index (χ4n) is 1.01. The van der Waals surface area contributed by atoms with Gasteiger partial charge >= 0.3 is 72.7 Å². The average molecular weight is 256 g/mol. The van der Waals surface area contributed by atoms with Crippen LogP contribution in [0.3, 0.4) is 0 Å². The van der Waals surface area contributed by atoms with E-state index in [1.165, 1.54) is 0 Å². The van der Waals surface area contributed by atoms with Crippen molar-refractivity contribution in [2.75, 3.05) is 0 Å². The Labute approximate surface area is 72.7 Å². The zero-order valence-corrected chi connectivity index (χ0v) is 10.5. The van der Waals surface area contributed by atoms with Gasteiger partial charge in [-0.05, 0) is 0 Å². The molecule has 0 radical (unpaired) electrons. The Morgan fingerprint density at radius 1 is 1.27 bits per heavy atom. The molecule has 0 fully saturated rings.